The van der Waals surface area contributed by atoms with E-state index in [1.165, 1.54) is 5.56 Å². The van der Waals surface area contributed by atoms with Crippen molar-refractivity contribution >= 4 is 24.0 Å². The van der Waals surface area contributed by atoms with Crippen LogP contribution >= 0.6 is 12.4 Å². The van der Waals surface area contributed by atoms with Crippen LogP contribution in [0, 0.1) is 0 Å². The Bertz CT molecular complexity index is 742. The lowest BCUT2D eigenvalue weighted by atomic mass is 9.86. The van der Waals surface area contributed by atoms with E-state index >= 15 is 0 Å². The summed E-state index contributed by atoms with van der Waals surface area (Å²) in [6.45, 7) is 2.38. The molecule has 25 heavy (non-hydrogen) atoms. The van der Waals surface area contributed by atoms with E-state index in [-0.39, 0.29) is 18.3 Å². The van der Waals surface area contributed by atoms with Crippen LogP contribution in [-0.4, -0.2) is 42.4 Å². The van der Waals surface area contributed by atoms with Gasteiger partial charge in [-0.15, -0.1) is 12.4 Å². The highest BCUT2D eigenvalue weighted by Crippen LogP contribution is 2.37. The summed E-state index contributed by atoms with van der Waals surface area (Å²) in [5.41, 5.74) is 1.59. The molecule has 4 rings (SSSR count). The molecule has 1 N–H and O–H groups in total. The lowest BCUT2D eigenvalue weighted by Crippen LogP contribution is -2.55. The maximum absolute atomic E-state index is 13.5. The predicted molar refractivity (Wildman–Crippen MR) is 98.6 cm³/mol. The van der Waals surface area contributed by atoms with Gasteiger partial charge in [-0.3, -0.25) is 9.48 Å². The van der Waals surface area contributed by atoms with Crippen molar-refractivity contribution in [1.29, 1.82) is 0 Å². The maximum Gasteiger partial charge on any atom is 0.255 e. The van der Waals surface area contributed by atoms with E-state index in [1.54, 1.807) is 13.3 Å². The minimum atomic E-state index is -0.587. The van der Waals surface area contributed by atoms with Crippen LogP contribution in [0.4, 0.5) is 5.69 Å². The van der Waals surface area contributed by atoms with E-state index in [0.717, 1.165) is 50.3 Å². The number of rotatable bonds is 3. The zero-order chi connectivity index (χ0) is 16.6. The molecule has 0 aliphatic carbocycles. The molecule has 1 amide bonds. The summed E-state index contributed by atoms with van der Waals surface area (Å²) in [7, 11) is 1.67. The second-order valence-electron chi connectivity index (χ2n) is 6.43. The van der Waals surface area contributed by atoms with Crippen molar-refractivity contribution in [3.63, 3.8) is 0 Å². The highest BCUT2D eigenvalue weighted by molar-refractivity contribution is 6.00. The highest BCUT2D eigenvalue weighted by atomic mass is 35.5. The van der Waals surface area contributed by atoms with Crippen molar-refractivity contribution < 1.29 is 9.53 Å². The van der Waals surface area contributed by atoms with Crippen molar-refractivity contribution in [1.82, 2.24) is 15.1 Å². The zero-order valence-electron chi connectivity index (χ0n) is 14.3. The number of carbonyl (C=O) groups excluding carboxylic acids is 1. The number of nitrogens with zero attached hydrogens (tertiary/aromatic N) is 3. The fourth-order valence-electron chi connectivity index (χ4n) is 3.87. The van der Waals surface area contributed by atoms with E-state index in [1.807, 2.05) is 40.0 Å². The first-order chi connectivity index (χ1) is 11.7. The molecule has 1 aromatic heterocycles. The van der Waals surface area contributed by atoms with E-state index < -0.39 is 5.54 Å². The minimum Gasteiger partial charge on any atom is -0.497 e. The van der Waals surface area contributed by atoms with Crippen molar-refractivity contribution in [2.24, 2.45) is 0 Å². The van der Waals surface area contributed by atoms with Gasteiger partial charge in [-0.1, -0.05) is 0 Å². The van der Waals surface area contributed by atoms with E-state index in [4.69, 9.17) is 4.74 Å². The number of anilines is 1. The SMILES string of the molecule is COc1ccc2c(c1)CCN2C(=O)C1(n2cccn2)CCNCC1.Cl. The molecule has 3 heterocycles. The van der Waals surface area contributed by atoms with Gasteiger partial charge in [-0.25, -0.2) is 0 Å². The third-order valence-corrected chi connectivity index (χ3v) is 5.20. The van der Waals surface area contributed by atoms with Gasteiger partial charge in [0.05, 0.1) is 7.11 Å². The first-order valence-corrected chi connectivity index (χ1v) is 8.44. The van der Waals surface area contributed by atoms with Gasteiger partial charge in [0.1, 0.15) is 11.3 Å². The number of halogens is 1. The first-order valence-electron chi connectivity index (χ1n) is 8.44. The van der Waals surface area contributed by atoms with Gasteiger partial charge in [0.2, 0.25) is 0 Å². The summed E-state index contributed by atoms with van der Waals surface area (Å²) in [6.07, 6.45) is 6.05. The fraction of sp³-hybridized carbons (Fsp3) is 0.444. The first kappa shape index (κ1) is 17.8. The van der Waals surface area contributed by atoms with Crippen LogP contribution in [0.2, 0.25) is 0 Å². The van der Waals surface area contributed by atoms with E-state index in [0.29, 0.717) is 0 Å². The lowest BCUT2D eigenvalue weighted by Gasteiger charge is -2.39. The number of benzene rings is 1. The molecular formula is C18H23ClN4O2. The van der Waals surface area contributed by atoms with Crippen molar-refractivity contribution in [3.8, 4) is 5.75 Å². The largest absolute Gasteiger partial charge is 0.497 e. The van der Waals surface area contributed by atoms with E-state index in [9.17, 15) is 4.79 Å². The topological polar surface area (TPSA) is 59.4 Å². The predicted octanol–water partition coefficient (Wildman–Crippen LogP) is 1.98. The summed E-state index contributed by atoms with van der Waals surface area (Å²) in [5.74, 6) is 0.989. The third kappa shape index (κ3) is 2.89. The highest BCUT2D eigenvalue weighted by Gasteiger charge is 2.46. The Morgan fingerprint density at radius 3 is 2.80 bits per heavy atom. The number of amides is 1. The molecular weight excluding hydrogens is 340 g/mol. The van der Waals surface area contributed by atoms with Crippen LogP contribution in [0.1, 0.15) is 18.4 Å². The molecule has 2 aliphatic rings. The van der Waals surface area contributed by atoms with Gasteiger partial charge < -0.3 is 15.0 Å². The van der Waals surface area contributed by atoms with Crippen LogP contribution in [0.15, 0.2) is 36.7 Å². The molecule has 1 saturated heterocycles. The normalized spacial score (nSPS) is 18.4. The van der Waals surface area contributed by atoms with Crippen LogP contribution in [0.3, 0.4) is 0 Å². The summed E-state index contributed by atoms with van der Waals surface area (Å²) in [6, 6.07) is 7.84. The van der Waals surface area contributed by atoms with Crippen LogP contribution in [0.25, 0.3) is 0 Å². The zero-order valence-corrected chi connectivity index (χ0v) is 15.1. The number of nitrogens with one attached hydrogen (secondary N) is 1. The smallest absolute Gasteiger partial charge is 0.255 e. The molecule has 134 valence electrons. The van der Waals surface area contributed by atoms with Gasteiger partial charge in [0.25, 0.3) is 5.91 Å². The summed E-state index contributed by atoms with van der Waals surface area (Å²) < 4.78 is 7.16. The number of methoxy groups -OCH3 is 1. The molecule has 2 aliphatic heterocycles. The summed E-state index contributed by atoms with van der Waals surface area (Å²) >= 11 is 0. The third-order valence-electron chi connectivity index (χ3n) is 5.20. The van der Waals surface area contributed by atoms with Gasteiger partial charge >= 0.3 is 0 Å². The average Bonchev–Trinajstić information content (AvgIpc) is 3.31. The molecule has 0 unspecified atom stereocenters. The van der Waals surface area contributed by atoms with Crippen molar-refractivity contribution in [3.05, 3.63) is 42.2 Å². The minimum absolute atomic E-state index is 0. The fourth-order valence-corrected chi connectivity index (χ4v) is 3.87. The molecule has 1 fully saturated rings. The Kier molecular flexibility index (Phi) is 5.01. The Balaban J connectivity index is 0.00000182. The van der Waals surface area contributed by atoms with Gasteiger partial charge in [0, 0.05) is 24.6 Å². The van der Waals surface area contributed by atoms with Crippen LogP contribution in [-0.2, 0) is 16.8 Å². The average molecular weight is 363 g/mol. The monoisotopic (exact) mass is 362 g/mol. The number of hydrogen-bond acceptors (Lipinski definition) is 4. The molecule has 6 nitrogen and oxygen atoms in total. The molecule has 0 saturated carbocycles. The lowest BCUT2D eigenvalue weighted by molar-refractivity contribution is -0.129. The number of aromatic nitrogens is 2. The molecule has 0 atom stereocenters. The second kappa shape index (κ2) is 7.06. The quantitative estimate of drug-likeness (QED) is 0.907. The Labute approximate surface area is 153 Å². The number of hydrogen-bond donors (Lipinski definition) is 1. The second-order valence-corrected chi connectivity index (χ2v) is 6.43. The van der Waals surface area contributed by atoms with E-state index in [2.05, 4.69) is 10.4 Å². The number of carbonyl (C=O) groups is 1. The number of ether oxygens (including phenoxy) is 1. The Hall–Kier alpha value is -2.05. The molecule has 0 radical (unpaired) electrons. The molecule has 7 heteroatoms. The van der Waals surface area contributed by atoms with Gasteiger partial charge in [-0.05, 0) is 62.2 Å². The summed E-state index contributed by atoms with van der Waals surface area (Å²) in [4.78, 5) is 15.5. The maximum atomic E-state index is 13.5. The van der Waals surface area contributed by atoms with Gasteiger partial charge in [-0.2, -0.15) is 5.10 Å². The number of piperidine rings is 1. The van der Waals surface area contributed by atoms with Crippen LogP contribution < -0.4 is 15.0 Å². The van der Waals surface area contributed by atoms with Crippen LogP contribution in [0.5, 0.6) is 5.75 Å². The van der Waals surface area contributed by atoms with Crippen molar-refractivity contribution in [2.45, 2.75) is 24.8 Å². The number of fused-ring (bicyclic) bond motifs is 1. The molecule has 2 aromatic rings. The standard InChI is InChI=1S/C18H22N4O2.ClH/c1-24-15-3-4-16-14(13-15)5-12-21(16)17(23)18(6-9-19-10-7-18)22-11-2-8-20-22;/h2-4,8,11,13,19H,5-7,9-10,12H2,1H3;1H. The molecule has 0 spiro atoms. The summed E-state index contributed by atoms with van der Waals surface area (Å²) in [5, 5.41) is 7.76. The Morgan fingerprint density at radius 2 is 2.12 bits per heavy atom. The van der Waals surface area contributed by atoms with Crippen molar-refractivity contribution in [2.75, 3.05) is 31.6 Å². The molecule has 0 bridgehead atoms. The molecule has 1 aromatic carbocycles. The Morgan fingerprint density at radius 1 is 1.32 bits per heavy atom. The van der Waals surface area contributed by atoms with Gasteiger partial charge in [0.15, 0.2) is 0 Å².